The number of carbonyl (C=O) groups is 2. The Hall–Kier alpha value is -1.30. The van der Waals surface area contributed by atoms with Crippen LogP contribution in [0.5, 0.6) is 0 Å². The van der Waals surface area contributed by atoms with Crippen LogP contribution in [0.1, 0.15) is 34.1 Å². The van der Waals surface area contributed by atoms with Gasteiger partial charge < -0.3 is 19.7 Å². The molecule has 6 heteroatoms. The van der Waals surface area contributed by atoms with Gasteiger partial charge in [0.2, 0.25) is 5.91 Å². The van der Waals surface area contributed by atoms with Gasteiger partial charge >= 0.3 is 6.09 Å². The summed E-state index contributed by atoms with van der Waals surface area (Å²) in [6.45, 7) is 9.16. The van der Waals surface area contributed by atoms with Gasteiger partial charge in [-0.3, -0.25) is 4.79 Å². The Labute approximate surface area is 114 Å². The maximum atomic E-state index is 11.9. The molecule has 0 bridgehead atoms. The Bertz CT molecular complexity index is 325. The van der Waals surface area contributed by atoms with E-state index in [1.165, 1.54) is 0 Å². The van der Waals surface area contributed by atoms with E-state index in [1.807, 2.05) is 20.8 Å². The zero-order valence-electron chi connectivity index (χ0n) is 12.2. The number of rotatable bonds is 3. The zero-order valence-corrected chi connectivity index (χ0v) is 12.2. The van der Waals surface area contributed by atoms with E-state index >= 15 is 0 Å². The van der Waals surface area contributed by atoms with Crippen LogP contribution in [0.2, 0.25) is 0 Å². The fraction of sp³-hybridized carbons (Fsp3) is 0.846. The largest absolute Gasteiger partial charge is 0.444 e. The van der Waals surface area contributed by atoms with Gasteiger partial charge in [-0.05, 0) is 20.8 Å². The van der Waals surface area contributed by atoms with E-state index in [0.717, 1.165) is 0 Å². The van der Waals surface area contributed by atoms with E-state index in [0.29, 0.717) is 32.7 Å². The summed E-state index contributed by atoms with van der Waals surface area (Å²) in [4.78, 5) is 24.7. The van der Waals surface area contributed by atoms with Gasteiger partial charge in [0.15, 0.2) is 0 Å². The van der Waals surface area contributed by atoms with Crippen molar-refractivity contribution in [1.29, 1.82) is 0 Å². The first kappa shape index (κ1) is 15.8. The minimum atomic E-state index is -0.499. The van der Waals surface area contributed by atoms with E-state index in [1.54, 1.807) is 11.8 Å². The van der Waals surface area contributed by atoms with Gasteiger partial charge in [-0.15, -0.1) is 0 Å². The van der Waals surface area contributed by atoms with Crippen molar-refractivity contribution in [1.82, 2.24) is 10.2 Å². The van der Waals surface area contributed by atoms with E-state index in [9.17, 15) is 9.59 Å². The highest BCUT2D eigenvalue weighted by molar-refractivity contribution is 5.75. The number of hydrogen-bond donors (Lipinski definition) is 1. The smallest absolute Gasteiger partial charge is 0.410 e. The summed E-state index contributed by atoms with van der Waals surface area (Å²) in [7, 11) is 0. The molecule has 2 amide bonds. The highest BCUT2D eigenvalue weighted by Gasteiger charge is 2.28. The molecule has 1 aliphatic heterocycles. The van der Waals surface area contributed by atoms with Gasteiger partial charge in [0.25, 0.3) is 0 Å². The molecule has 1 fully saturated rings. The van der Waals surface area contributed by atoms with Crippen LogP contribution in [0.15, 0.2) is 0 Å². The molecule has 1 N–H and O–H groups in total. The highest BCUT2D eigenvalue weighted by atomic mass is 16.6. The van der Waals surface area contributed by atoms with Crippen LogP contribution >= 0.6 is 0 Å². The SMILES string of the molecule is CCC(=O)NCC1CN(C(=O)OC(C)(C)C)CCO1. The average molecular weight is 272 g/mol. The fourth-order valence-electron chi connectivity index (χ4n) is 1.69. The summed E-state index contributed by atoms with van der Waals surface area (Å²) in [6, 6.07) is 0. The molecule has 0 aromatic carbocycles. The molecule has 0 saturated carbocycles. The quantitative estimate of drug-likeness (QED) is 0.837. The van der Waals surface area contributed by atoms with Crippen LogP contribution in [0.25, 0.3) is 0 Å². The van der Waals surface area contributed by atoms with Crippen LogP contribution in [0.3, 0.4) is 0 Å². The molecule has 1 heterocycles. The van der Waals surface area contributed by atoms with Crippen molar-refractivity contribution in [2.45, 2.75) is 45.8 Å². The van der Waals surface area contributed by atoms with Crippen molar-refractivity contribution in [3.8, 4) is 0 Å². The summed E-state index contributed by atoms with van der Waals surface area (Å²) in [5, 5.41) is 2.77. The molecule has 0 radical (unpaired) electrons. The Morgan fingerprint density at radius 3 is 2.68 bits per heavy atom. The maximum Gasteiger partial charge on any atom is 0.410 e. The predicted octanol–water partition coefficient (Wildman–Crippen LogP) is 1.15. The van der Waals surface area contributed by atoms with Gasteiger partial charge in [-0.2, -0.15) is 0 Å². The van der Waals surface area contributed by atoms with Crippen LogP contribution in [0, 0.1) is 0 Å². The summed E-state index contributed by atoms with van der Waals surface area (Å²) in [5.74, 6) is -0.0157. The second-order valence-corrected chi connectivity index (χ2v) is 5.58. The average Bonchev–Trinajstić information content (AvgIpc) is 2.34. The number of nitrogens with one attached hydrogen (secondary N) is 1. The predicted molar refractivity (Wildman–Crippen MR) is 70.8 cm³/mol. The van der Waals surface area contributed by atoms with Gasteiger partial charge in [0, 0.05) is 19.5 Å². The van der Waals surface area contributed by atoms with Gasteiger partial charge in [0.1, 0.15) is 5.60 Å². The van der Waals surface area contributed by atoms with Gasteiger partial charge in [0.05, 0.1) is 19.3 Å². The first-order valence-electron chi connectivity index (χ1n) is 6.68. The van der Waals surface area contributed by atoms with Crippen molar-refractivity contribution in [2.75, 3.05) is 26.2 Å². The monoisotopic (exact) mass is 272 g/mol. The molecule has 6 nitrogen and oxygen atoms in total. The highest BCUT2D eigenvalue weighted by Crippen LogP contribution is 2.12. The number of amides is 2. The third kappa shape index (κ3) is 5.92. The topological polar surface area (TPSA) is 67.9 Å². The number of morpholine rings is 1. The lowest BCUT2D eigenvalue weighted by Crippen LogP contribution is -2.50. The number of ether oxygens (including phenoxy) is 2. The van der Waals surface area contributed by atoms with E-state index in [-0.39, 0.29) is 18.1 Å². The molecule has 110 valence electrons. The molecule has 1 unspecified atom stereocenters. The first-order chi connectivity index (χ1) is 8.81. The molecule has 1 aliphatic rings. The lowest BCUT2D eigenvalue weighted by atomic mass is 10.2. The molecule has 19 heavy (non-hydrogen) atoms. The molecular formula is C13H24N2O4. The van der Waals surface area contributed by atoms with Crippen molar-refractivity contribution in [3.05, 3.63) is 0 Å². The molecular weight excluding hydrogens is 248 g/mol. The number of hydrogen-bond acceptors (Lipinski definition) is 4. The van der Waals surface area contributed by atoms with E-state index in [4.69, 9.17) is 9.47 Å². The van der Waals surface area contributed by atoms with Crippen LogP contribution < -0.4 is 5.32 Å². The summed E-state index contributed by atoms with van der Waals surface area (Å²) in [6.07, 6.45) is -0.0536. The van der Waals surface area contributed by atoms with Crippen molar-refractivity contribution in [3.63, 3.8) is 0 Å². The summed E-state index contributed by atoms with van der Waals surface area (Å²) in [5.41, 5.74) is -0.499. The zero-order chi connectivity index (χ0) is 14.5. The fourth-order valence-corrected chi connectivity index (χ4v) is 1.69. The van der Waals surface area contributed by atoms with E-state index < -0.39 is 5.60 Å². The Balaban J connectivity index is 2.41. The summed E-state index contributed by atoms with van der Waals surface area (Å²) >= 11 is 0. The third-order valence-corrected chi connectivity index (χ3v) is 2.64. The number of nitrogens with zero attached hydrogens (tertiary/aromatic N) is 1. The van der Waals surface area contributed by atoms with Crippen molar-refractivity contribution < 1.29 is 19.1 Å². The first-order valence-corrected chi connectivity index (χ1v) is 6.68. The minimum absolute atomic E-state index is 0.0157. The molecule has 0 aromatic heterocycles. The molecule has 1 rings (SSSR count). The third-order valence-electron chi connectivity index (χ3n) is 2.64. The maximum absolute atomic E-state index is 11.9. The lowest BCUT2D eigenvalue weighted by molar-refractivity contribution is -0.121. The van der Waals surface area contributed by atoms with Crippen molar-refractivity contribution >= 4 is 12.0 Å². The van der Waals surface area contributed by atoms with E-state index in [2.05, 4.69) is 5.32 Å². The van der Waals surface area contributed by atoms with Crippen LogP contribution in [0.4, 0.5) is 4.79 Å². The molecule has 0 aromatic rings. The Morgan fingerprint density at radius 1 is 1.42 bits per heavy atom. The molecule has 1 saturated heterocycles. The van der Waals surface area contributed by atoms with Gasteiger partial charge in [-0.1, -0.05) is 6.92 Å². The Morgan fingerprint density at radius 2 is 2.11 bits per heavy atom. The van der Waals surface area contributed by atoms with Crippen molar-refractivity contribution in [2.24, 2.45) is 0 Å². The molecule has 1 atom stereocenters. The lowest BCUT2D eigenvalue weighted by Gasteiger charge is -2.34. The Kier molecular flexibility index (Phi) is 5.60. The second-order valence-electron chi connectivity index (χ2n) is 5.58. The van der Waals surface area contributed by atoms with Gasteiger partial charge in [-0.25, -0.2) is 4.79 Å². The number of carbonyl (C=O) groups excluding carboxylic acids is 2. The second kappa shape index (κ2) is 6.75. The molecule has 0 spiro atoms. The molecule has 0 aliphatic carbocycles. The van der Waals surface area contributed by atoms with Crippen LogP contribution in [-0.4, -0.2) is 54.8 Å². The summed E-state index contributed by atoms with van der Waals surface area (Å²) < 4.78 is 10.8. The van der Waals surface area contributed by atoms with Crippen LogP contribution in [-0.2, 0) is 14.3 Å². The normalized spacial score (nSPS) is 20.0. The standard InChI is InChI=1S/C13H24N2O4/c1-5-11(16)14-8-10-9-15(6-7-18-10)12(17)19-13(2,3)4/h10H,5-9H2,1-4H3,(H,14,16). The minimum Gasteiger partial charge on any atom is -0.444 e.